The van der Waals surface area contributed by atoms with Crippen molar-refractivity contribution in [1.29, 1.82) is 0 Å². The van der Waals surface area contributed by atoms with Gasteiger partial charge < -0.3 is 0 Å². The normalized spacial score (nSPS) is 12.4. The van der Waals surface area contributed by atoms with E-state index in [2.05, 4.69) is 15.0 Å². The number of thiophene rings is 1. The lowest BCUT2D eigenvalue weighted by atomic mass is 10.2. The van der Waals surface area contributed by atoms with Crippen molar-refractivity contribution in [1.82, 2.24) is 19.7 Å². The van der Waals surface area contributed by atoms with E-state index in [0.717, 1.165) is 30.0 Å². The highest BCUT2D eigenvalue weighted by Crippen LogP contribution is 2.29. The number of hydrogen-bond donors (Lipinski definition) is 1. The fourth-order valence-corrected chi connectivity index (χ4v) is 3.59. The summed E-state index contributed by atoms with van der Waals surface area (Å²) in [5.74, 6) is 0. The average molecular weight is 388 g/mol. The minimum Gasteiger partial charge on any atom is -0.220 e. The minimum atomic E-state index is -4.52. The van der Waals surface area contributed by atoms with Gasteiger partial charge in [-0.05, 0) is 35.7 Å². The van der Waals surface area contributed by atoms with Gasteiger partial charge in [-0.2, -0.15) is 24.5 Å². The molecule has 0 aliphatic rings. The second-order valence-corrected chi connectivity index (χ2v) is 7.53. The highest BCUT2D eigenvalue weighted by atomic mass is 32.2. The molecule has 0 saturated carbocycles. The number of rotatable bonds is 5. The summed E-state index contributed by atoms with van der Waals surface area (Å²) >= 11 is 1.48. The van der Waals surface area contributed by atoms with Crippen LogP contribution in [-0.2, 0) is 22.7 Å². The van der Waals surface area contributed by atoms with Crippen LogP contribution >= 0.6 is 11.3 Å². The van der Waals surface area contributed by atoms with E-state index in [1.54, 1.807) is 6.20 Å². The van der Waals surface area contributed by atoms with E-state index < -0.39 is 21.8 Å². The molecule has 132 valence electrons. The molecule has 0 atom stereocenters. The van der Waals surface area contributed by atoms with Gasteiger partial charge in [-0.25, -0.2) is 17.8 Å². The lowest BCUT2D eigenvalue weighted by molar-refractivity contribution is -0.137. The number of halogens is 3. The fourth-order valence-electron chi connectivity index (χ4n) is 1.97. The molecule has 3 aromatic rings. The predicted octanol–water partition coefficient (Wildman–Crippen LogP) is 2.83. The van der Waals surface area contributed by atoms with E-state index in [9.17, 15) is 21.6 Å². The van der Waals surface area contributed by atoms with Crippen LogP contribution in [0, 0.1) is 0 Å². The second-order valence-electron chi connectivity index (χ2n) is 4.98. The Hall–Kier alpha value is -2.24. The maximum absolute atomic E-state index is 12.5. The second kappa shape index (κ2) is 6.58. The molecule has 1 N–H and O–H groups in total. The van der Waals surface area contributed by atoms with Gasteiger partial charge >= 0.3 is 6.18 Å². The van der Waals surface area contributed by atoms with Gasteiger partial charge in [-0.15, -0.1) is 5.10 Å². The van der Waals surface area contributed by atoms with Crippen molar-refractivity contribution in [3.05, 3.63) is 58.5 Å². The molecule has 0 fully saturated rings. The van der Waals surface area contributed by atoms with Crippen molar-refractivity contribution >= 4 is 21.4 Å². The molecule has 0 bridgehead atoms. The van der Waals surface area contributed by atoms with Crippen molar-refractivity contribution in [3.8, 4) is 5.69 Å². The molecule has 6 nitrogen and oxygen atoms in total. The molecule has 0 aliphatic heterocycles. The first kappa shape index (κ1) is 17.6. The largest absolute Gasteiger partial charge is 0.416 e. The molecule has 25 heavy (non-hydrogen) atoms. The SMILES string of the molecule is O=S(=O)(NCc1cn(-c2ccsc2)nn1)c1ccc(C(F)(F)F)cc1. The summed E-state index contributed by atoms with van der Waals surface area (Å²) in [6.45, 7) is -0.131. The van der Waals surface area contributed by atoms with Gasteiger partial charge in [0.25, 0.3) is 0 Å². The summed E-state index contributed by atoms with van der Waals surface area (Å²) in [5, 5.41) is 11.5. The average Bonchev–Trinajstić information content (AvgIpc) is 3.23. The van der Waals surface area contributed by atoms with Crippen molar-refractivity contribution in [2.75, 3.05) is 0 Å². The summed E-state index contributed by atoms with van der Waals surface area (Å²) in [6, 6.07) is 5.10. The van der Waals surface area contributed by atoms with Crippen molar-refractivity contribution in [2.45, 2.75) is 17.6 Å². The third-order valence-corrected chi connectivity index (χ3v) is 5.33. The Morgan fingerprint density at radius 3 is 2.48 bits per heavy atom. The van der Waals surface area contributed by atoms with Crippen LogP contribution in [0.2, 0.25) is 0 Å². The summed E-state index contributed by atoms with van der Waals surface area (Å²) < 4.78 is 65.7. The van der Waals surface area contributed by atoms with Crippen LogP contribution in [0.15, 0.2) is 52.2 Å². The Labute approximate surface area is 145 Å². The number of nitrogens with one attached hydrogen (secondary N) is 1. The first-order valence-corrected chi connectivity index (χ1v) is 9.29. The van der Waals surface area contributed by atoms with Gasteiger partial charge in [0, 0.05) is 5.38 Å². The topological polar surface area (TPSA) is 76.9 Å². The molecular weight excluding hydrogens is 377 g/mol. The number of hydrogen-bond acceptors (Lipinski definition) is 5. The molecular formula is C14H11F3N4O2S2. The number of nitrogens with zero attached hydrogens (tertiary/aromatic N) is 3. The van der Waals surface area contributed by atoms with Crippen LogP contribution in [0.25, 0.3) is 5.69 Å². The molecule has 2 heterocycles. The first-order valence-electron chi connectivity index (χ1n) is 6.86. The predicted molar refractivity (Wildman–Crippen MR) is 84.7 cm³/mol. The number of sulfonamides is 1. The van der Waals surface area contributed by atoms with Gasteiger partial charge in [0.1, 0.15) is 0 Å². The molecule has 11 heteroatoms. The number of aromatic nitrogens is 3. The van der Waals surface area contributed by atoms with Crippen LogP contribution in [0.4, 0.5) is 13.2 Å². The quantitative estimate of drug-likeness (QED) is 0.729. The van der Waals surface area contributed by atoms with Crippen LogP contribution in [0.5, 0.6) is 0 Å². The monoisotopic (exact) mass is 388 g/mol. The number of benzene rings is 1. The highest BCUT2D eigenvalue weighted by molar-refractivity contribution is 7.89. The van der Waals surface area contributed by atoms with E-state index in [1.165, 1.54) is 16.0 Å². The van der Waals surface area contributed by atoms with E-state index >= 15 is 0 Å². The Balaban J connectivity index is 1.70. The van der Waals surface area contributed by atoms with E-state index in [-0.39, 0.29) is 11.4 Å². The highest BCUT2D eigenvalue weighted by Gasteiger charge is 2.30. The Kier molecular flexibility index (Phi) is 4.62. The zero-order valence-corrected chi connectivity index (χ0v) is 14.1. The van der Waals surface area contributed by atoms with Crippen LogP contribution in [0.1, 0.15) is 11.3 Å². The molecule has 2 aromatic heterocycles. The van der Waals surface area contributed by atoms with Gasteiger partial charge in [-0.1, -0.05) is 5.21 Å². The number of alkyl halides is 3. The lowest BCUT2D eigenvalue weighted by Crippen LogP contribution is -2.23. The molecule has 0 saturated heterocycles. The lowest BCUT2D eigenvalue weighted by Gasteiger charge is -2.08. The third-order valence-electron chi connectivity index (χ3n) is 3.25. The molecule has 0 radical (unpaired) electrons. The van der Waals surface area contributed by atoms with Gasteiger partial charge in [0.05, 0.1) is 34.6 Å². The molecule has 3 rings (SSSR count). The van der Waals surface area contributed by atoms with Crippen molar-refractivity contribution in [3.63, 3.8) is 0 Å². The molecule has 0 aliphatic carbocycles. The Morgan fingerprint density at radius 2 is 1.88 bits per heavy atom. The maximum atomic E-state index is 12.5. The Bertz CT molecular complexity index is 949. The molecule has 1 aromatic carbocycles. The molecule has 0 spiro atoms. The van der Waals surface area contributed by atoms with Crippen LogP contribution < -0.4 is 4.72 Å². The summed E-state index contributed by atoms with van der Waals surface area (Å²) in [5.41, 5.74) is 0.265. The summed E-state index contributed by atoms with van der Waals surface area (Å²) in [4.78, 5) is -0.259. The van der Waals surface area contributed by atoms with Gasteiger partial charge in [0.2, 0.25) is 10.0 Å². The van der Waals surface area contributed by atoms with E-state index in [0.29, 0.717) is 5.69 Å². The van der Waals surface area contributed by atoms with Crippen molar-refractivity contribution < 1.29 is 21.6 Å². The molecule has 0 amide bonds. The first-order chi connectivity index (χ1) is 11.8. The maximum Gasteiger partial charge on any atom is 0.416 e. The Morgan fingerprint density at radius 1 is 1.16 bits per heavy atom. The van der Waals surface area contributed by atoms with Crippen LogP contribution in [0.3, 0.4) is 0 Å². The van der Waals surface area contributed by atoms with E-state index in [1.807, 2.05) is 16.8 Å². The van der Waals surface area contributed by atoms with Gasteiger partial charge in [-0.3, -0.25) is 0 Å². The van der Waals surface area contributed by atoms with Crippen LogP contribution in [-0.4, -0.2) is 23.4 Å². The standard InChI is InChI=1S/C14H11F3N4O2S2/c15-14(16,17)10-1-3-13(4-2-10)25(22,23)18-7-11-8-21(20-19-11)12-5-6-24-9-12/h1-6,8-9,18H,7H2. The summed E-state index contributed by atoms with van der Waals surface area (Å²) in [7, 11) is -3.96. The summed E-state index contributed by atoms with van der Waals surface area (Å²) in [6.07, 6.45) is -2.95. The fraction of sp³-hybridized carbons (Fsp3) is 0.143. The minimum absolute atomic E-state index is 0.131. The smallest absolute Gasteiger partial charge is 0.220 e. The third kappa shape index (κ3) is 4.06. The van der Waals surface area contributed by atoms with Gasteiger partial charge in [0.15, 0.2) is 0 Å². The molecule has 0 unspecified atom stereocenters. The van der Waals surface area contributed by atoms with Crippen molar-refractivity contribution in [2.24, 2.45) is 0 Å². The van der Waals surface area contributed by atoms with E-state index in [4.69, 9.17) is 0 Å². The zero-order chi connectivity index (χ0) is 18.1. The zero-order valence-electron chi connectivity index (χ0n) is 12.4.